The van der Waals surface area contributed by atoms with Crippen LogP contribution < -0.4 is 4.74 Å². The first kappa shape index (κ1) is 16.8. The Labute approximate surface area is 160 Å². The Hall–Kier alpha value is -2.40. The van der Waals surface area contributed by atoms with Crippen molar-refractivity contribution in [1.29, 1.82) is 0 Å². The van der Waals surface area contributed by atoms with E-state index in [1.54, 1.807) is 0 Å². The highest BCUT2D eigenvalue weighted by atomic mass is 16.5. The van der Waals surface area contributed by atoms with Crippen LogP contribution in [0.3, 0.4) is 0 Å². The van der Waals surface area contributed by atoms with Gasteiger partial charge in [-0.05, 0) is 43.9 Å². The van der Waals surface area contributed by atoms with Crippen LogP contribution in [0, 0.1) is 0 Å². The molecule has 3 heterocycles. The SMILES string of the molecule is Cn1ccc2c(OC3CCN(Cc4cnc(C5CC5)nc4)CC3)cccc21. The fourth-order valence-corrected chi connectivity index (χ4v) is 4.00. The number of ether oxygens (including phenoxy) is 1. The highest BCUT2D eigenvalue weighted by Gasteiger charge is 2.26. The van der Waals surface area contributed by atoms with Gasteiger partial charge in [0.2, 0.25) is 0 Å². The summed E-state index contributed by atoms with van der Waals surface area (Å²) in [5.41, 5.74) is 2.44. The standard InChI is InChI=1S/C22H26N4O/c1-25-10-9-19-20(25)3-2-4-21(19)27-18-7-11-26(12-8-18)15-16-13-23-22(24-14-16)17-5-6-17/h2-4,9-10,13-14,17-18H,5-8,11-12,15H2,1H3. The van der Waals surface area contributed by atoms with Crippen molar-refractivity contribution in [2.75, 3.05) is 13.1 Å². The second kappa shape index (κ2) is 6.97. The Morgan fingerprint density at radius 3 is 2.56 bits per heavy atom. The molecule has 0 amide bonds. The van der Waals surface area contributed by atoms with Gasteiger partial charge in [-0.3, -0.25) is 4.90 Å². The summed E-state index contributed by atoms with van der Waals surface area (Å²) in [7, 11) is 2.07. The summed E-state index contributed by atoms with van der Waals surface area (Å²) in [5.74, 6) is 2.66. The number of aryl methyl sites for hydroxylation is 1. The zero-order chi connectivity index (χ0) is 18.2. The molecule has 0 bridgehead atoms. The minimum atomic E-state index is 0.292. The zero-order valence-corrected chi connectivity index (χ0v) is 15.8. The summed E-state index contributed by atoms with van der Waals surface area (Å²) >= 11 is 0. The molecule has 5 heteroatoms. The van der Waals surface area contributed by atoms with E-state index in [1.807, 2.05) is 12.4 Å². The Balaban J connectivity index is 1.17. The van der Waals surface area contributed by atoms with Gasteiger partial charge in [-0.15, -0.1) is 0 Å². The van der Waals surface area contributed by atoms with Crippen LogP contribution >= 0.6 is 0 Å². The topological polar surface area (TPSA) is 43.2 Å². The van der Waals surface area contributed by atoms with Gasteiger partial charge in [-0.1, -0.05) is 6.07 Å². The third-order valence-electron chi connectivity index (χ3n) is 5.79. The average molecular weight is 362 g/mol. The molecule has 0 radical (unpaired) electrons. The van der Waals surface area contributed by atoms with Crippen LogP contribution in [-0.4, -0.2) is 38.6 Å². The van der Waals surface area contributed by atoms with Crippen molar-refractivity contribution in [3.63, 3.8) is 0 Å². The van der Waals surface area contributed by atoms with Gasteiger partial charge in [0.25, 0.3) is 0 Å². The number of hydrogen-bond donors (Lipinski definition) is 0. The van der Waals surface area contributed by atoms with Gasteiger partial charge in [0.15, 0.2) is 0 Å². The normalized spacial score (nSPS) is 18.9. The molecule has 27 heavy (non-hydrogen) atoms. The number of rotatable bonds is 5. The van der Waals surface area contributed by atoms with E-state index in [9.17, 15) is 0 Å². The number of hydrogen-bond acceptors (Lipinski definition) is 4. The average Bonchev–Trinajstić information content (AvgIpc) is 3.48. The molecule has 2 fully saturated rings. The van der Waals surface area contributed by atoms with E-state index in [2.05, 4.69) is 56.9 Å². The summed E-state index contributed by atoms with van der Waals surface area (Å²) in [4.78, 5) is 11.6. The van der Waals surface area contributed by atoms with Crippen molar-refractivity contribution in [2.24, 2.45) is 7.05 Å². The minimum absolute atomic E-state index is 0.292. The van der Waals surface area contributed by atoms with Gasteiger partial charge in [0, 0.05) is 62.1 Å². The predicted octanol–water partition coefficient (Wildman–Crippen LogP) is 3.89. The minimum Gasteiger partial charge on any atom is -0.490 e. The molecule has 1 aromatic carbocycles. The highest BCUT2D eigenvalue weighted by Crippen LogP contribution is 2.37. The summed E-state index contributed by atoms with van der Waals surface area (Å²) < 4.78 is 8.51. The molecule has 1 saturated heterocycles. The van der Waals surface area contributed by atoms with Crippen molar-refractivity contribution in [1.82, 2.24) is 19.4 Å². The molecule has 0 N–H and O–H groups in total. The maximum atomic E-state index is 6.36. The monoisotopic (exact) mass is 362 g/mol. The first-order valence-corrected chi connectivity index (χ1v) is 10.00. The molecule has 140 valence electrons. The van der Waals surface area contributed by atoms with E-state index in [1.165, 1.54) is 29.3 Å². The van der Waals surface area contributed by atoms with Gasteiger partial charge in [-0.2, -0.15) is 0 Å². The van der Waals surface area contributed by atoms with Crippen LogP contribution in [0.4, 0.5) is 0 Å². The molecular weight excluding hydrogens is 336 g/mol. The molecule has 1 aliphatic carbocycles. The fourth-order valence-electron chi connectivity index (χ4n) is 4.00. The second-order valence-electron chi connectivity index (χ2n) is 7.93. The van der Waals surface area contributed by atoms with Gasteiger partial charge in [0.1, 0.15) is 17.7 Å². The van der Waals surface area contributed by atoms with E-state index >= 15 is 0 Å². The van der Waals surface area contributed by atoms with Crippen LogP contribution in [-0.2, 0) is 13.6 Å². The van der Waals surface area contributed by atoms with Crippen LogP contribution in [0.2, 0.25) is 0 Å². The van der Waals surface area contributed by atoms with E-state index in [0.717, 1.165) is 44.0 Å². The van der Waals surface area contributed by atoms with E-state index in [4.69, 9.17) is 4.74 Å². The highest BCUT2D eigenvalue weighted by molar-refractivity contribution is 5.86. The van der Waals surface area contributed by atoms with Crippen LogP contribution in [0.5, 0.6) is 5.75 Å². The molecule has 0 spiro atoms. The molecule has 2 aromatic heterocycles. The Morgan fingerprint density at radius 1 is 1.04 bits per heavy atom. The quantitative estimate of drug-likeness (QED) is 0.691. The second-order valence-corrected chi connectivity index (χ2v) is 7.93. The molecule has 1 aliphatic heterocycles. The van der Waals surface area contributed by atoms with Crippen molar-refractivity contribution in [3.8, 4) is 5.75 Å². The van der Waals surface area contributed by atoms with Crippen LogP contribution in [0.1, 0.15) is 43.0 Å². The molecule has 5 rings (SSSR count). The number of fused-ring (bicyclic) bond motifs is 1. The predicted molar refractivity (Wildman–Crippen MR) is 106 cm³/mol. The number of benzene rings is 1. The number of piperidine rings is 1. The van der Waals surface area contributed by atoms with Crippen molar-refractivity contribution in [3.05, 3.63) is 54.2 Å². The Bertz CT molecular complexity index is 921. The van der Waals surface area contributed by atoms with E-state index < -0.39 is 0 Å². The largest absolute Gasteiger partial charge is 0.490 e. The lowest BCUT2D eigenvalue weighted by molar-refractivity contribution is 0.0978. The molecule has 5 nitrogen and oxygen atoms in total. The van der Waals surface area contributed by atoms with Gasteiger partial charge < -0.3 is 9.30 Å². The van der Waals surface area contributed by atoms with Crippen LogP contribution in [0.25, 0.3) is 10.9 Å². The summed E-state index contributed by atoms with van der Waals surface area (Å²) in [6.45, 7) is 3.05. The fraction of sp³-hybridized carbons (Fsp3) is 0.455. The maximum absolute atomic E-state index is 6.36. The smallest absolute Gasteiger partial charge is 0.131 e. The van der Waals surface area contributed by atoms with Crippen molar-refractivity contribution >= 4 is 10.9 Å². The number of aromatic nitrogens is 3. The maximum Gasteiger partial charge on any atom is 0.131 e. The summed E-state index contributed by atoms with van der Waals surface area (Å²) in [5, 5.41) is 1.20. The summed E-state index contributed by atoms with van der Waals surface area (Å²) in [6, 6.07) is 8.46. The zero-order valence-electron chi connectivity index (χ0n) is 15.8. The molecule has 1 saturated carbocycles. The lowest BCUT2D eigenvalue weighted by atomic mass is 10.1. The molecule has 0 atom stereocenters. The van der Waals surface area contributed by atoms with E-state index in [0.29, 0.717) is 12.0 Å². The molecule has 3 aromatic rings. The van der Waals surface area contributed by atoms with Crippen molar-refractivity contribution in [2.45, 2.75) is 44.2 Å². The van der Waals surface area contributed by atoms with Gasteiger partial charge in [-0.25, -0.2) is 9.97 Å². The van der Waals surface area contributed by atoms with Gasteiger partial charge in [0.05, 0.1) is 5.52 Å². The molecular formula is C22H26N4O. The first-order chi connectivity index (χ1) is 13.3. The number of likely N-dealkylation sites (tertiary alicyclic amines) is 1. The third kappa shape index (κ3) is 3.56. The van der Waals surface area contributed by atoms with Crippen LogP contribution in [0.15, 0.2) is 42.9 Å². The molecule has 2 aliphatic rings. The summed E-state index contributed by atoms with van der Waals surface area (Å²) in [6.07, 6.45) is 11.0. The van der Waals surface area contributed by atoms with Gasteiger partial charge >= 0.3 is 0 Å². The Morgan fingerprint density at radius 2 is 1.81 bits per heavy atom. The Kier molecular flexibility index (Phi) is 4.32. The third-order valence-corrected chi connectivity index (χ3v) is 5.79. The number of nitrogens with zero attached hydrogens (tertiary/aromatic N) is 4. The van der Waals surface area contributed by atoms with E-state index in [-0.39, 0.29) is 0 Å². The lowest BCUT2D eigenvalue weighted by Crippen LogP contribution is -2.37. The van der Waals surface area contributed by atoms with Crippen molar-refractivity contribution < 1.29 is 4.74 Å². The molecule has 0 unspecified atom stereocenters. The first-order valence-electron chi connectivity index (χ1n) is 10.00. The lowest BCUT2D eigenvalue weighted by Gasteiger charge is -2.32.